The molecule has 0 radical (unpaired) electrons. The van der Waals surface area contributed by atoms with Gasteiger partial charge in [-0.2, -0.15) is 0 Å². The number of amides is 2. The summed E-state index contributed by atoms with van der Waals surface area (Å²) in [5, 5.41) is 1.29. The molecule has 0 spiro atoms. The Labute approximate surface area is 169 Å². The molecule has 0 aromatic heterocycles. The Kier molecular flexibility index (Phi) is 15.7. The van der Waals surface area contributed by atoms with Crippen LogP contribution in [0.15, 0.2) is 0 Å². The fourth-order valence-electron chi connectivity index (χ4n) is 3.67. The lowest BCUT2D eigenvalue weighted by molar-refractivity contribution is -0.111. The SMILES string of the molecule is CCON(CCC(C)CCCC(C)CCCC(C)CCCC(C)C)C(N)=O. The molecule has 0 aromatic rings. The van der Waals surface area contributed by atoms with E-state index in [1.807, 2.05) is 6.92 Å². The second-order valence-electron chi connectivity index (χ2n) is 9.15. The van der Waals surface area contributed by atoms with Crippen molar-refractivity contribution in [3.8, 4) is 0 Å². The van der Waals surface area contributed by atoms with E-state index in [2.05, 4.69) is 34.6 Å². The van der Waals surface area contributed by atoms with Gasteiger partial charge in [0.05, 0.1) is 13.2 Å². The van der Waals surface area contributed by atoms with Gasteiger partial charge < -0.3 is 5.73 Å². The molecule has 2 amide bonds. The van der Waals surface area contributed by atoms with Crippen LogP contribution in [0, 0.1) is 23.7 Å². The number of hydrogen-bond donors (Lipinski definition) is 1. The summed E-state index contributed by atoms with van der Waals surface area (Å²) in [4.78, 5) is 16.5. The third-order valence-electron chi connectivity index (χ3n) is 5.62. The first-order chi connectivity index (χ1) is 12.8. The van der Waals surface area contributed by atoms with Crippen LogP contribution in [-0.4, -0.2) is 24.2 Å². The maximum absolute atomic E-state index is 11.3. The molecule has 3 atom stereocenters. The lowest BCUT2D eigenvalue weighted by Crippen LogP contribution is -2.37. The van der Waals surface area contributed by atoms with Gasteiger partial charge in [0.15, 0.2) is 0 Å². The van der Waals surface area contributed by atoms with Gasteiger partial charge >= 0.3 is 6.03 Å². The first-order valence-electron chi connectivity index (χ1n) is 11.5. The van der Waals surface area contributed by atoms with Gasteiger partial charge in [-0.05, 0) is 37.0 Å². The molecule has 0 heterocycles. The fourth-order valence-corrected chi connectivity index (χ4v) is 3.67. The number of rotatable bonds is 17. The van der Waals surface area contributed by atoms with Crippen molar-refractivity contribution in [2.24, 2.45) is 29.4 Å². The number of urea groups is 1. The molecule has 0 aromatic carbocycles. The Morgan fingerprint density at radius 2 is 1.19 bits per heavy atom. The lowest BCUT2D eigenvalue weighted by atomic mass is 9.91. The zero-order chi connectivity index (χ0) is 20.7. The minimum absolute atomic E-state index is 0.477. The highest BCUT2D eigenvalue weighted by molar-refractivity contribution is 5.70. The number of hydrogen-bond acceptors (Lipinski definition) is 2. The van der Waals surface area contributed by atoms with E-state index >= 15 is 0 Å². The Bertz CT molecular complexity index is 360. The molecule has 0 aliphatic rings. The second-order valence-corrected chi connectivity index (χ2v) is 9.15. The van der Waals surface area contributed by atoms with Crippen molar-refractivity contribution in [3.63, 3.8) is 0 Å². The average Bonchev–Trinajstić information content (AvgIpc) is 2.58. The predicted octanol–water partition coefficient (Wildman–Crippen LogP) is 6.78. The zero-order valence-electron chi connectivity index (χ0n) is 19.1. The summed E-state index contributed by atoms with van der Waals surface area (Å²) in [5.41, 5.74) is 5.32. The van der Waals surface area contributed by atoms with Crippen LogP contribution in [0.25, 0.3) is 0 Å². The number of carbonyl (C=O) groups is 1. The Morgan fingerprint density at radius 3 is 1.56 bits per heavy atom. The highest BCUT2D eigenvalue weighted by Gasteiger charge is 2.12. The molecular formula is C23H48N2O2. The van der Waals surface area contributed by atoms with E-state index in [1.165, 1.54) is 62.9 Å². The van der Waals surface area contributed by atoms with Crippen LogP contribution in [0.3, 0.4) is 0 Å². The summed E-state index contributed by atoms with van der Waals surface area (Å²) in [6, 6.07) is -0.490. The summed E-state index contributed by atoms with van der Waals surface area (Å²) < 4.78 is 0. The van der Waals surface area contributed by atoms with E-state index in [0.717, 1.165) is 24.2 Å². The maximum Gasteiger partial charge on any atom is 0.338 e. The third-order valence-corrected chi connectivity index (χ3v) is 5.62. The molecule has 3 unspecified atom stereocenters. The largest absolute Gasteiger partial charge is 0.350 e. The van der Waals surface area contributed by atoms with Crippen molar-refractivity contribution >= 4 is 6.03 Å². The minimum atomic E-state index is -0.490. The minimum Gasteiger partial charge on any atom is -0.350 e. The normalized spacial score (nSPS) is 14.9. The molecule has 0 rings (SSSR count). The van der Waals surface area contributed by atoms with E-state index in [-0.39, 0.29) is 0 Å². The van der Waals surface area contributed by atoms with Gasteiger partial charge in [0, 0.05) is 0 Å². The molecule has 0 bridgehead atoms. The van der Waals surface area contributed by atoms with Gasteiger partial charge in [-0.3, -0.25) is 4.84 Å². The fraction of sp³-hybridized carbons (Fsp3) is 0.957. The van der Waals surface area contributed by atoms with Crippen LogP contribution in [0.1, 0.15) is 106 Å². The van der Waals surface area contributed by atoms with Gasteiger partial charge in [0.2, 0.25) is 0 Å². The standard InChI is InChI=1S/C23H48N2O2/c1-7-27-25(23(24)26)18-17-22(6)16-10-15-21(5)14-9-13-20(4)12-8-11-19(2)3/h19-22H,7-18H2,1-6H3,(H2,24,26). The Hall–Kier alpha value is -0.770. The molecule has 4 nitrogen and oxygen atoms in total. The zero-order valence-corrected chi connectivity index (χ0v) is 19.1. The molecule has 4 heteroatoms. The van der Waals surface area contributed by atoms with Gasteiger partial charge in [-0.15, -0.1) is 0 Å². The van der Waals surface area contributed by atoms with E-state index < -0.39 is 6.03 Å². The van der Waals surface area contributed by atoms with Crippen LogP contribution < -0.4 is 5.73 Å². The summed E-state index contributed by atoms with van der Waals surface area (Å²) in [7, 11) is 0. The first-order valence-corrected chi connectivity index (χ1v) is 11.5. The van der Waals surface area contributed by atoms with Crippen LogP contribution in [0.4, 0.5) is 4.79 Å². The van der Waals surface area contributed by atoms with Crippen LogP contribution >= 0.6 is 0 Å². The molecule has 0 fully saturated rings. The molecular weight excluding hydrogens is 336 g/mol. The quantitative estimate of drug-likeness (QED) is 0.281. The summed E-state index contributed by atoms with van der Waals surface area (Å²) >= 11 is 0. The maximum atomic E-state index is 11.3. The van der Waals surface area contributed by atoms with Crippen molar-refractivity contribution in [2.75, 3.05) is 13.2 Å². The molecule has 0 aliphatic heterocycles. The van der Waals surface area contributed by atoms with Crippen molar-refractivity contribution in [3.05, 3.63) is 0 Å². The molecule has 162 valence electrons. The summed E-state index contributed by atoms with van der Waals surface area (Å²) in [5.74, 6) is 3.15. The van der Waals surface area contributed by atoms with Crippen molar-refractivity contribution in [1.82, 2.24) is 5.06 Å². The monoisotopic (exact) mass is 384 g/mol. The lowest BCUT2D eigenvalue weighted by Gasteiger charge is -2.21. The van der Waals surface area contributed by atoms with E-state index in [9.17, 15) is 4.79 Å². The summed E-state index contributed by atoms with van der Waals surface area (Å²) in [6.07, 6.45) is 13.1. The number of carbonyl (C=O) groups excluding carboxylic acids is 1. The van der Waals surface area contributed by atoms with Crippen LogP contribution in [0.5, 0.6) is 0 Å². The van der Waals surface area contributed by atoms with Crippen molar-refractivity contribution in [2.45, 2.75) is 106 Å². The van der Waals surface area contributed by atoms with Crippen LogP contribution in [0.2, 0.25) is 0 Å². The number of nitrogens with two attached hydrogens (primary N) is 1. The Morgan fingerprint density at radius 1 is 0.778 bits per heavy atom. The number of nitrogens with zero attached hydrogens (tertiary/aromatic N) is 1. The van der Waals surface area contributed by atoms with Gasteiger partial charge in [-0.25, -0.2) is 9.86 Å². The van der Waals surface area contributed by atoms with E-state index in [1.54, 1.807) is 0 Å². The van der Waals surface area contributed by atoms with Gasteiger partial charge in [0.1, 0.15) is 0 Å². The Balaban J connectivity index is 3.71. The highest BCUT2D eigenvalue weighted by atomic mass is 16.7. The van der Waals surface area contributed by atoms with E-state index in [4.69, 9.17) is 10.6 Å². The van der Waals surface area contributed by atoms with Crippen molar-refractivity contribution in [1.29, 1.82) is 0 Å². The molecule has 2 N–H and O–H groups in total. The molecule has 0 saturated heterocycles. The van der Waals surface area contributed by atoms with Gasteiger partial charge in [0.25, 0.3) is 0 Å². The molecule has 27 heavy (non-hydrogen) atoms. The molecule has 0 aliphatic carbocycles. The van der Waals surface area contributed by atoms with Crippen LogP contribution in [-0.2, 0) is 4.84 Å². The second kappa shape index (κ2) is 16.2. The van der Waals surface area contributed by atoms with Gasteiger partial charge in [-0.1, -0.05) is 92.4 Å². The number of hydroxylamine groups is 2. The molecule has 0 saturated carbocycles. The van der Waals surface area contributed by atoms with E-state index in [0.29, 0.717) is 19.1 Å². The first kappa shape index (κ1) is 26.2. The third kappa shape index (κ3) is 15.9. The predicted molar refractivity (Wildman–Crippen MR) is 116 cm³/mol. The topological polar surface area (TPSA) is 55.6 Å². The summed E-state index contributed by atoms with van der Waals surface area (Å²) in [6.45, 7) is 14.7. The smallest absolute Gasteiger partial charge is 0.338 e. The highest BCUT2D eigenvalue weighted by Crippen LogP contribution is 2.22. The van der Waals surface area contributed by atoms with Crippen molar-refractivity contribution < 1.29 is 9.63 Å². The average molecular weight is 385 g/mol. The number of primary amides is 1.